The molecule has 0 saturated heterocycles. The SMILES string of the molecule is CC(C)(C)S/C=C\c1ccccc1. The van der Waals surface area contributed by atoms with Gasteiger partial charge >= 0.3 is 0 Å². The van der Waals surface area contributed by atoms with Crippen molar-refractivity contribution in [2.45, 2.75) is 25.5 Å². The molecule has 1 rings (SSSR count). The van der Waals surface area contributed by atoms with Gasteiger partial charge in [-0.15, -0.1) is 11.8 Å². The zero-order valence-corrected chi connectivity index (χ0v) is 9.27. The molecule has 0 fully saturated rings. The fourth-order valence-corrected chi connectivity index (χ4v) is 1.51. The Morgan fingerprint density at radius 3 is 2.23 bits per heavy atom. The van der Waals surface area contributed by atoms with E-state index in [9.17, 15) is 0 Å². The van der Waals surface area contributed by atoms with E-state index < -0.39 is 0 Å². The molecule has 0 amide bonds. The van der Waals surface area contributed by atoms with Gasteiger partial charge in [0.2, 0.25) is 0 Å². The largest absolute Gasteiger partial charge is 0.128 e. The minimum absolute atomic E-state index is 0.311. The van der Waals surface area contributed by atoms with Crippen molar-refractivity contribution in [2.75, 3.05) is 0 Å². The molecule has 70 valence electrons. The molecule has 1 aromatic rings. The highest BCUT2D eigenvalue weighted by Gasteiger charge is 2.06. The Labute approximate surface area is 85.1 Å². The van der Waals surface area contributed by atoms with E-state index in [0.717, 1.165) is 0 Å². The van der Waals surface area contributed by atoms with Crippen LogP contribution in [0.5, 0.6) is 0 Å². The van der Waals surface area contributed by atoms with Gasteiger partial charge in [-0.1, -0.05) is 51.1 Å². The molecule has 0 radical (unpaired) electrons. The predicted molar refractivity (Wildman–Crippen MR) is 62.8 cm³/mol. The van der Waals surface area contributed by atoms with Crippen LogP contribution in [0.2, 0.25) is 0 Å². The highest BCUT2D eigenvalue weighted by Crippen LogP contribution is 2.24. The molecule has 1 aromatic carbocycles. The van der Waals surface area contributed by atoms with E-state index in [0.29, 0.717) is 4.75 Å². The van der Waals surface area contributed by atoms with Crippen LogP contribution in [0, 0.1) is 0 Å². The molecular formula is C12H16S. The van der Waals surface area contributed by atoms with Crippen molar-refractivity contribution in [3.05, 3.63) is 41.3 Å². The Kier molecular flexibility index (Phi) is 3.61. The summed E-state index contributed by atoms with van der Waals surface area (Å²) in [5.74, 6) is 0. The first-order chi connectivity index (χ1) is 6.08. The van der Waals surface area contributed by atoms with E-state index in [2.05, 4.69) is 56.5 Å². The standard InChI is InChI=1S/C12H16S/c1-12(2,3)13-10-9-11-7-5-4-6-8-11/h4-10H,1-3H3/b10-9-. The lowest BCUT2D eigenvalue weighted by molar-refractivity contribution is 0.808. The van der Waals surface area contributed by atoms with E-state index >= 15 is 0 Å². The minimum atomic E-state index is 0.311. The molecular weight excluding hydrogens is 176 g/mol. The van der Waals surface area contributed by atoms with Crippen molar-refractivity contribution in [1.29, 1.82) is 0 Å². The molecule has 0 N–H and O–H groups in total. The number of rotatable bonds is 2. The quantitative estimate of drug-likeness (QED) is 0.677. The first-order valence-corrected chi connectivity index (χ1v) is 5.35. The molecule has 0 saturated carbocycles. The minimum Gasteiger partial charge on any atom is -0.128 e. The second-order valence-corrected chi connectivity index (χ2v) is 5.68. The lowest BCUT2D eigenvalue weighted by Crippen LogP contribution is -2.04. The zero-order valence-electron chi connectivity index (χ0n) is 8.45. The van der Waals surface area contributed by atoms with Crippen LogP contribution in [0.4, 0.5) is 0 Å². The Bertz CT molecular complexity index is 267. The molecule has 13 heavy (non-hydrogen) atoms. The summed E-state index contributed by atoms with van der Waals surface area (Å²) >= 11 is 1.85. The van der Waals surface area contributed by atoms with Gasteiger partial charge < -0.3 is 0 Å². The second-order valence-electron chi connectivity index (χ2n) is 3.94. The van der Waals surface area contributed by atoms with Crippen molar-refractivity contribution in [3.63, 3.8) is 0 Å². The van der Waals surface area contributed by atoms with Gasteiger partial charge in [0.1, 0.15) is 0 Å². The maximum atomic E-state index is 2.22. The first-order valence-electron chi connectivity index (χ1n) is 4.47. The smallest absolute Gasteiger partial charge is 0.0116 e. The summed E-state index contributed by atoms with van der Waals surface area (Å²) in [7, 11) is 0. The van der Waals surface area contributed by atoms with Gasteiger partial charge in [-0.2, -0.15) is 0 Å². The summed E-state index contributed by atoms with van der Waals surface area (Å²) in [4.78, 5) is 0. The third kappa shape index (κ3) is 4.79. The Morgan fingerprint density at radius 1 is 1.08 bits per heavy atom. The zero-order chi connectivity index (χ0) is 9.73. The van der Waals surface area contributed by atoms with Gasteiger partial charge in [0.25, 0.3) is 0 Å². The summed E-state index contributed by atoms with van der Waals surface area (Å²) < 4.78 is 0.311. The van der Waals surface area contributed by atoms with E-state index in [1.54, 1.807) is 0 Å². The molecule has 0 nitrogen and oxygen atoms in total. The van der Waals surface area contributed by atoms with Crippen LogP contribution in [-0.4, -0.2) is 4.75 Å². The van der Waals surface area contributed by atoms with Gasteiger partial charge in [-0.3, -0.25) is 0 Å². The Morgan fingerprint density at radius 2 is 1.69 bits per heavy atom. The number of hydrogen-bond donors (Lipinski definition) is 0. The number of thioether (sulfide) groups is 1. The Hall–Kier alpha value is -0.690. The molecule has 0 unspecified atom stereocenters. The summed E-state index contributed by atoms with van der Waals surface area (Å²) in [6.07, 6.45) is 2.15. The molecule has 1 heteroatoms. The van der Waals surface area contributed by atoms with Crippen molar-refractivity contribution in [3.8, 4) is 0 Å². The van der Waals surface area contributed by atoms with Crippen molar-refractivity contribution >= 4 is 17.8 Å². The molecule has 0 spiro atoms. The summed E-state index contributed by atoms with van der Waals surface area (Å²) in [5.41, 5.74) is 1.26. The van der Waals surface area contributed by atoms with E-state index in [-0.39, 0.29) is 0 Å². The molecule has 0 aromatic heterocycles. The van der Waals surface area contributed by atoms with Crippen LogP contribution in [-0.2, 0) is 0 Å². The average molecular weight is 192 g/mol. The first kappa shape index (κ1) is 10.4. The summed E-state index contributed by atoms with van der Waals surface area (Å²) in [6, 6.07) is 10.4. The van der Waals surface area contributed by atoms with Crippen LogP contribution in [0.1, 0.15) is 26.3 Å². The fraction of sp³-hybridized carbons (Fsp3) is 0.333. The average Bonchev–Trinajstić information content (AvgIpc) is 2.04. The van der Waals surface area contributed by atoms with Gasteiger partial charge in [0.05, 0.1) is 0 Å². The highest BCUT2D eigenvalue weighted by molar-refractivity contribution is 8.03. The topological polar surface area (TPSA) is 0 Å². The van der Waals surface area contributed by atoms with Gasteiger partial charge in [-0.05, 0) is 17.0 Å². The normalized spacial score (nSPS) is 12.2. The van der Waals surface area contributed by atoms with Crippen LogP contribution in [0.25, 0.3) is 6.08 Å². The van der Waals surface area contributed by atoms with Gasteiger partial charge in [0, 0.05) is 4.75 Å². The molecule has 0 bridgehead atoms. The third-order valence-electron chi connectivity index (χ3n) is 1.48. The van der Waals surface area contributed by atoms with E-state index in [4.69, 9.17) is 0 Å². The van der Waals surface area contributed by atoms with Crippen molar-refractivity contribution < 1.29 is 0 Å². The summed E-state index contributed by atoms with van der Waals surface area (Å²) in [5, 5.41) is 2.16. The second kappa shape index (κ2) is 4.52. The predicted octanol–water partition coefficient (Wildman–Crippen LogP) is 4.19. The Balaban J connectivity index is 2.51. The van der Waals surface area contributed by atoms with Crippen LogP contribution in [0.3, 0.4) is 0 Å². The maximum absolute atomic E-state index is 2.22. The fourth-order valence-electron chi connectivity index (χ4n) is 0.881. The van der Waals surface area contributed by atoms with Gasteiger partial charge in [-0.25, -0.2) is 0 Å². The van der Waals surface area contributed by atoms with Crippen molar-refractivity contribution in [1.82, 2.24) is 0 Å². The molecule has 0 heterocycles. The lowest BCUT2D eigenvalue weighted by Gasteiger charge is -2.13. The number of hydrogen-bond acceptors (Lipinski definition) is 1. The van der Waals surface area contributed by atoms with Crippen LogP contribution >= 0.6 is 11.8 Å². The number of benzene rings is 1. The molecule has 0 aliphatic carbocycles. The van der Waals surface area contributed by atoms with Crippen LogP contribution in [0.15, 0.2) is 35.7 Å². The molecule has 0 aliphatic rings. The monoisotopic (exact) mass is 192 g/mol. The van der Waals surface area contributed by atoms with Gasteiger partial charge in [0.15, 0.2) is 0 Å². The van der Waals surface area contributed by atoms with E-state index in [1.165, 1.54) is 5.56 Å². The van der Waals surface area contributed by atoms with Crippen molar-refractivity contribution in [2.24, 2.45) is 0 Å². The highest BCUT2D eigenvalue weighted by atomic mass is 32.2. The maximum Gasteiger partial charge on any atom is 0.0116 e. The van der Waals surface area contributed by atoms with E-state index in [1.807, 2.05) is 17.8 Å². The lowest BCUT2D eigenvalue weighted by atomic mass is 10.2. The third-order valence-corrected chi connectivity index (χ3v) is 2.46. The van der Waals surface area contributed by atoms with Crippen LogP contribution < -0.4 is 0 Å². The summed E-state index contributed by atoms with van der Waals surface area (Å²) in [6.45, 7) is 6.65. The molecule has 0 aliphatic heterocycles. The molecule has 0 atom stereocenters.